The zero-order chi connectivity index (χ0) is 19.4. The van der Waals surface area contributed by atoms with Crippen molar-refractivity contribution >= 4 is 16.0 Å². The number of carboxylic acids is 1. The number of ether oxygens (including phenoxy) is 1. The molecule has 6 nitrogen and oxygen atoms in total. The average molecular weight is 383 g/mol. The second-order valence-electron chi connectivity index (χ2n) is 5.84. The minimum absolute atomic E-state index is 0.133. The molecule has 3 aromatic rings. The summed E-state index contributed by atoms with van der Waals surface area (Å²) in [5.74, 6) is -1.14. The van der Waals surface area contributed by atoms with Gasteiger partial charge in [-0.2, -0.15) is 0 Å². The summed E-state index contributed by atoms with van der Waals surface area (Å²) in [5.41, 5.74) is 1.43. The van der Waals surface area contributed by atoms with Crippen LogP contribution in [0.2, 0.25) is 0 Å². The van der Waals surface area contributed by atoms with Crippen LogP contribution in [-0.2, 0) is 16.6 Å². The van der Waals surface area contributed by atoms with Crippen molar-refractivity contribution in [3.05, 3.63) is 83.9 Å². The zero-order valence-corrected chi connectivity index (χ0v) is 15.0. The fourth-order valence-corrected chi connectivity index (χ4v) is 3.47. The maximum absolute atomic E-state index is 12.2. The first-order valence-electron chi connectivity index (χ1n) is 8.02. The number of benzene rings is 3. The van der Waals surface area contributed by atoms with Crippen LogP contribution in [0.25, 0.3) is 11.1 Å². The molecule has 3 rings (SSSR count). The maximum atomic E-state index is 12.2. The summed E-state index contributed by atoms with van der Waals surface area (Å²) in [5, 5.41) is 14.7. The standard InChI is InChI=1S/C20H17NO5S/c21-27(24,25)18-12-16(20(22)23)11-17(19(18)15-9-5-2-6-10-15)26-13-14-7-3-1-4-8-14/h1-12H,13H2,(H,22,23)(H2,21,24,25). The summed E-state index contributed by atoms with van der Waals surface area (Å²) in [6.45, 7) is 0.147. The third kappa shape index (κ3) is 4.33. The van der Waals surface area contributed by atoms with Crippen LogP contribution < -0.4 is 9.88 Å². The number of carbonyl (C=O) groups is 1. The second kappa shape index (κ2) is 7.61. The van der Waals surface area contributed by atoms with Gasteiger partial charge in [0, 0.05) is 5.56 Å². The molecular formula is C20H17NO5S. The van der Waals surface area contributed by atoms with Gasteiger partial charge in [-0.15, -0.1) is 0 Å². The molecule has 0 aromatic heterocycles. The van der Waals surface area contributed by atoms with E-state index < -0.39 is 16.0 Å². The van der Waals surface area contributed by atoms with Crippen molar-refractivity contribution in [3.63, 3.8) is 0 Å². The number of hydrogen-bond acceptors (Lipinski definition) is 4. The number of aromatic carboxylic acids is 1. The summed E-state index contributed by atoms with van der Waals surface area (Å²) in [7, 11) is -4.19. The van der Waals surface area contributed by atoms with Crippen molar-refractivity contribution in [2.75, 3.05) is 0 Å². The smallest absolute Gasteiger partial charge is 0.335 e. The number of sulfonamides is 1. The van der Waals surface area contributed by atoms with Gasteiger partial charge >= 0.3 is 5.97 Å². The predicted molar refractivity (Wildman–Crippen MR) is 101 cm³/mol. The molecule has 7 heteroatoms. The van der Waals surface area contributed by atoms with Crippen LogP contribution in [0.15, 0.2) is 77.7 Å². The molecule has 0 fully saturated rings. The van der Waals surface area contributed by atoms with E-state index in [1.54, 1.807) is 30.3 Å². The van der Waals surface area contributed by atoms with Gasteiger partial charge in [0.1, 0.15) is 12.4 Å². The molecule has 27 heavy (non-hydrogen) atoms. The lowest BCUT2D eigenvalue weighted by molar-refractivity contribution is 0.0696. The molecule has 0 saturated carbocycles. The molecule has 138 valence electrons. The van der Waals surface area contributed by atoms with Crippen LogP contribution in [0.1, 0.15) is 15.9 Å². The van der Waals surface area contributed by atoms with Gasteiger partial charge in [-0.25, -0.2) is 18.4 Å². The molecule has 0 atom stereocenters. The third-order valence-corrected chi connectivity index (χ3v) is 4.85. The van der Waals surface area contributed by atoms with E-state index in [-0.39, 0.29) is 28.4 Å². The first-order chi connectivity index (χ1) is 12.9. The predicted octanol–water partition coefficient (Wildman–Crippen LogP) is 3.28. The van der Waals surface area contributed by atoms with Gasteiger partial charge in [-0.3, -0.25) is 0 Å². The van der Waals surface area contributed by atoms with Crippen LogP contribution in [0, 0.1) is 0 Å². The molecule has 0 unspecified atom stereocenters. The molecule has 0 saturated heterocycles. The topological polar surface area (TPSA) is 107 Å². The number of carboxylic acid groups (broad SMARTS) is 1. The number of nitrogens with two attached hydrogens (primary N) is 1. The molecule has 0 amide bonds. The van der Waals surface area contributed by atoms with Crippen molar-refractivity contribution in [2.45, 2.75) is 11.5 Å². The first kappa shape index (κ1) is 18.6. The monoisotopic (exact) mass is 383 g/mol. The Labute approximate surface area is 156 Å². The Bertz CT molecular complexity index is 1060. The highest BCUT2D eigenvalue weighted by Crippen LogP contribution is 2.37. The summed E-state index contributed by atoms with van der Waals surface area (Å²) in [6.07, 6.45) is 0. The fraction of sp³-hybridized carbons (Fsp3) is 0.0500. The minimum atomic E-state index is -4.19. The normalized spacial score (nSPS) is 11.1. The van der Waals surface area contributed by atoms with Gasteiger partial charge in [-0.1, -0.05) is 60.7 Å². The van der Waals surface area contributed by atoms with E-state index in [0.717, 1.165) is 11.6 Å². The SMILES string of the molecule is NS(=O)(=O)c1cc(C(=O)O)cc(OCc2ccccc2)c1-c1ccccc1. The van der Waals surface area contributed by atoms with Gasteiger partial charge in [0.05, 0.1) is 10.5 Å². The van der Waals surface area contributed by atoms with Gasteiger partial charge in [-0.05, 0) is 23.3 Å². The Hall–Kier alpha value is -3.16. The summed E-state index contributed by atoms with van der Waals surface area (Å²) < 4.78 is 30.1. The quantitative estimate of drug-likeness (QED) is 0.679. The van der Waals surface area contributed by atoms with E-state index in [2.05, 4.69) is 0 Å². The number of primary sulfonamides is 1. The molecule has 0 bridgehead atoms. The van der Waals surface area contributed by atoms with Crippen molar-refractivity contribution < 1.29 is 23.1 Å². The van der Waals surface area contributed by atoms with Gasteiger partial charge in [0.2, 0.25) is 10.0 Å². The molecule has 0 spiro atoms. The maximum Gasteiger partial charge on any atom is 0.335 e. The lowest BCUT2D eigenvalue weighted by Crippen LogP contribution is -2.15. The lowest BCUT2D eigenvalue weighted by atomic mass is 10.0. The Morgan fingerprint density at radius 2 is 1.56 bits per heavy atom. The second-order valence-corrected chi connectivity index (χ2v) is 7.37. The number of rotatable bonds is 6. The molecule has 0 aliphatic rings. The van der Waals surface area contributed by atoms with Gasteiger partial charge < -0.3 is 9.84 Å². The molecule has 0 radical (unpaired) electrons. The average Bonchev–Trinajstić information content (AvgIpc) is 2.66. The highest BCUT2D eigenvalue weighted by atomic mass is 32.2. The zero-order valence-electron chi connectivity index (χ0n) is 14.2. The van der Waals surface area contributed by atoms with E-state index in [0.29, 0.717) is 5.56 Å². The lowest BCUT2D eigenvalue weighted by Gasteiger charge is -2.16. The summed E-state index contributed by atoms with van der Waals surface area (Å²) in [6, 6.07) is 20.3. The van der Waals surface area contributed by atoms with E-state index >= 15 is 0 Å². The molecule has 0 heterocycles. The van der Waals surface area contributed by atoms with Crippen LogP contribution >= 0.6 is 0 Å². The Morgan fingerprint density at radius 1 is 0.963 bits per heavy atom. The van der Waals surface area contributed by atoms with Gasteiger partial charge in [0.15, 0.2) is 0 Å². The largest absolute Gasteiger partial charge is 0.488 e. The van der Waals surface area contributed by atoms with Crippen LogP contribution in [-0.4, -0.2) is 19.5 Å². The first-order valence-corrected chi connectivity index (χ1v) is 9.57. The van der Waals surface area contributed by atoms with E-state index in [1.807, 2.05) is 30.3 Å². The van der Waals surface area contributed by atoms with Crippen molar-refractivity contribution in [3.8, 4) is 16.9 Å². The minimum Gasteiger partial charge on any atom is -0.488 e. The molecular weight excluding hydrogens is 366 g/mol. The Balaban J connectivity index is 2.19. The van der Waals surface area contributed by atoms with Gasteiger partial charge in [0.25, 0.3) is 0 Å². The molecule has 0 aliphatic carbocycles. The summed E-state index contributed by atoms with van der Waals surface area (Å²) >= 11 is 0. The van der Waals surface area contributed by atoms with E-state index in [4.69, 9.17) is 9.88 Å². The van der Waals surface area contributed by atoms with Crippen LogP contribution in [0.3, 0.4) is 0 Å². The Morgan fingerprint density at radius 3 is 2.11 bits per heavy atom. The highest BCUT2D eigenvalue weighted by Gasteiger charge is 2.23. The Kier molecular flexibility index (Phi) is 5.25. The fourth-order valence-electron chi connectivity index (χ4n) is 2.68. The number of hydrogen-bond donors (Lipinski definition) is 2. The van der Waals surface area contributed by atoms with Crippen LogP contribution in [0.5, 0.6) is 5.75 Å². The van der Waals surface area contributed by atoms with E-state index in [9.17, 15) is 18.3 Å². The van der Waals surface area contributed by atoms with Crippen molar-refractivity contribution in [1.82, 2.24) is 0 Å². The highest BCUT2D eigenvalue weighted by molar-refractivity contribution is 7.89. The molecule has 3 aromatic carbocycles. The van der Waals surface area contributed by atoms with E-state index in [1.165, 1.54) is 6.07 Å². The van der Waals surface area contributed by atoms with Crippen LogP contribution in [0.4, 0.5) is 0 Å². The molecule has 3 N–H and O–H groups in total. The molecule has 0 aliphatic heterocycles. The summed E-state index contributed by atoms with van der Waals surface area (Å²) in [4.78, 5) is 11.2. The third-order valence-electron chi connectivity index (χ3n) is 3.92. The van der Waals surface area contributed by atoms with Crippen molar-refractivity contribution in [2.24, 2.45) is 5.14 Å². The van der Waals surface area contributed by atoms with Crippen molar-refractivity contribution in [1.29, 1.82) is 0 Å².